The van der Waals surface area contributed by atoms with E-state index in [-0.39, 0.29) is 11.9 Å². The highest BCUT2D eigenvalue weighted by atomic mass is 32.1. The first kappa shape index (κ1) is 14.5. The number of benzene rings is 2. The quantitative estimate of drug-likeness (QED) is 0.822. The Morgan fingerprint density at radius 2 is 1.75 bits per heavy atom. The minimum atomic E-state index is -0.315. The Morgan fingerprint density at radius 1 is 1.10 bits per heavy atom. The third-order valence-corrected chi connectivity index (χ3v) is 3.26. The molecule has 2 aromatic rings. The van der Waals surface area contributed by atoms with Crippen LogP contribution in [0, 0.1) is 5.82 Å². The number of nitrogens with one attached hydrogen (secondary N) is 2. The monoisotopic (exact) mass is 288 g/mol. The minimum Gasteiger partial charge on any atom is -0.356 e. The highest BCUT2D eigenvalue weighted by molar-refractivity contribution is 7.80. The van der Waals surface area contributed by atoms with E-state index >= 15 is 0 Å². The van der Waals surface area contributed by atoms with Crippen LogP contribution in [0.5, 0.6) is 0 Å². The maximum absolute atomic E-state index is 13.5. The van der Waals surface area contributed by atoms with Crippen LogP contribution >= 0.6 is 12.2 Å². The van der Waals surface area contributed by atoms with Gasteiger partial charge in [0.25, 0.3) is 0 Å². The second-order valence-electron chi connectivity index (χ2n) is 4.45. The predicted molar refractivity (Wildman–Crippen MR) is 85.2 cm³/mol. The largest absolute Gasteiger partial charge is 0.356 e. The highest BCUT2D eigenvalue weighted by Crippen LogP contribution is 2.17. The van der Waals surface area contributed by atoms with Gasteiger partial charge >= 0.3 is 0 Å². The molecule has 2 aromatic carbocycles. The molecule has 0 fully saturated rings. The molecule has 0 aliphatic carbocycles. The van der Waals surface area contributed by atoms with Gasteiger partial charge in [-0.05, 0) is 36.3 Å². The summed E-state index contributed by atoms with van der Waals surface area (Å²) in [5, 5.41) is 6.52. The molecule has 20 heavy (non-hydrogen) atoms. The Labute approximate surface area is 124 Å². The molecule has 0 bridgehead atoms. The van der Waals surface area contributed by atoms with Crippen LogP contribution in [-0.2, 0) is 0 Å². The van der Waals surface area contributed by atoms with Gasteiger partial charge in [-0.1, -0.05) is 49.4 Å². The van der Waals surface area contributed by atoms with Crippen molar-refractivity contribution in [3.05, 3.63) is 66.0 Å². The molecule has 0 spiro atoms. The summed E-state index contributed by atoms with van der Waals surface area (Å²) in [4.78, 5) is 0. The maximum Gasteiger partial charge on any atom is 0.171 e. The Balaban J connectivity index is 2.02. The third kappa shape index (κ3) is 3.78. The molecule has 104 valence electrons. The zero-order chi connectivity index (χ0) is 14.4. The van der Waals surface area contributed by atoms with Gasteiger partial charge in [-0.15, -0.1) is 0 Å². The topological polar surface area (TPSA) is 24.1 Å². The van der Waals surface area contributed by atoms with Gasteiger partial charge in [0.2, 0.25) is 0 Å². The fourth-order valence-electron chi connectivity index (χ4n) is 1.99. The average Bonchev–Trinajstić information content (AvgIpc) is 2.48. The van der Waals surface area contributed by atoms with Crippen LogP contribution in [0.25, 0.3) is 0 Å². The molecular weight excluding hydrogens is 271 g/mol. The van der Waals surface area contributed by atoms with Crippen LogP contribution < -0.4 is 10.6 Å². The standard InChI is InChI=1S/C16H17FN2S/c1-2-14(12-8-4-3-5-9-12)18-16(20)19-15-11-7-6-10-13(15)17/h3-11,14H,2H2,1H3,(H2,18,19,20)/t14-/m1/s1. The summed E-state index contributed by atoms with van der Waals surface area (Å²) in [5.41, 5.74) is 1.54. The van der Waals surface area contributed by atoms with E-state index in [0.717, 1.165) is 12.0 Å². The van der Waals surface area contributed by atoms with Crippen LogP contribution in [0.2, 0.25) is 0 Å². The van der Waals surface area contributed by atoms with Gasteiger partial charge in [0, 0.05) is 0 Å². The van der Waals surface area contributed by atoms with Gasteiger partial charge in [0.15, 0.2) is 5.11 Å². The van der Waals surface area contributed by atoms with E-state index < -0.39 is 0 Å². The number of para-hydroxylation sites is 1. The number of rotatable bonds is 4. The van der Waals surface area contributed by atoms with Gasteiger partial charge in [-0.3, -0.25) is 0 Å². The lowest BCUT2D eigenvalue weighted by Crippen LogP contribution is -2.32. The van der Waals surface area contributed by atoms with E-state index in [1.807, 2.05) is 30.3 Å². The number of anilines is 1. The van der Waals surface area contributed by atoms with E-state index in [1.54, 1.807) is 18.2 Å². The molecule has 1 atom stereocenters. The summed E-state index contributed by atoms with van der Waals surface area (Å²) in [5.74, 6) is -0.315. The van der Waals surface area contributed by atoms with E-state index in [4.69, 9.17) is 12.2 Å². The van der Waals surface area contributed by atoms with Gasteiger partial charge < -0.3 is 10.6 Å². The Hall–Kier alpha value is -1.94. The number of hydrogen-bond donors (Lipinski definition) is 2. The van der Waals surface area contributed by atoms with Crippen molar-refractivity contribution >= 4 is 23.0 Å². The summed E-state index contributed by atoms with van der Waals surface area (Å²) in [6, 6.07) is 16.7. The fourth-order valence-corrected chi connectivity index (χ4v) is 2.24. The smallest absolute Gasteiger partial charge is 0.171 e. The average molecular weight is 288 g/mol. The predicted octanol–water partition coefficient (Wildman–Crippen LogP) is 4.26. The van der Waals surface area contributed by atoms with Crippen LogP contribution in [0.15, 0.2) is 54.6 Å². The van der Waals surface area contributed by atoms with Crippen molar-refractivity contribution < 1.29 is 4.39 Å². The summed E-state index contributed by atoms with van der Waals surface area (Å²) in [7, 11) is 0. The molecule has 2 nitrogen and oxygen atoms in total. The molecule has 0 radical (unpaired) electrons. The van der Waals surface area contributed by atoms with Crippen molar-refractivity contribution in [2.24, 2.45) is 0 Å². The lowest BCUT2D eigenvalue weighted by Gasteiger charge is -2.20. The van der Waals surface area contributed by atoms with Crippen molar-refractivity contribution in [1.82, 2.24) is 5.32 Å². The molecule has 0 aliphatic rings. The first-order chi connectivity index (χ1) is 9.70. The Kier molecular flexibility index (Phi) is 5.07. The Bertz CT molecular complexity index is 572. The molecule has 2 N–H and O–H groups in total. The molecular formula is C16H17FN2S. The molecule has 0 saturated heterocycles. The van der Waals surface area contributed by atoms with Crippen molar-refractivity contribution in [3.8, 4) is 0 Å². The fraction of sp³-hybridized carbons (Fsp3) is 0.188. The molecule has 4 heteroatoms. The second kappa shape index (κ2) is 7.01. The molecule has 0 unspecified atom stereocenters. The zero-order valence-electron chi connectivity index (χ0n) is 11.3. The highest BCUT2D eigenvalue weighted by Gasteiger charge is 2.11. The van der Waals surface area contributed by atoms with Crippen LogP contribution in [0.1, 0.15) is 24.9 Å². The van der Waals surface area contributed by atoms with E-state index in [1.165, 1.54) is 6.07 Å². The third-order valence-electron chi connectivity index (χ3n) is 3.04. The number of thiocarbonyl (C=S) groups is 1. The van der Waals surface area contributed by atoms with Crippen molar-refractivity contribution in [2.45, 2.75) is 19.4 Å². The summed E-state index contributed by atoms with van der Waals surface area (Å²) >= 11 is 5.25. The molecule has 0 amide bonds. The first-order valence-electron chi connectivity index (χ1n) is 6.57. The van der Waals surface area contributed by atoms with Gasteiger partial charge in [0.05, 0.1) is 11.7 Å². The SMILES string of the molecule is CC[C@@H](NC(=S)Nc1ccccc1F)c1ccccc1. The summed E-state index contributed by atoms with van der Waals surface area (Å²) < 4.78 is 13.5. The van der Waals surface area contributed by atoms with Crippen molar-refractivity contribution in [3.63, 3.8) is 0 Å². The van der Waals surface area contributed by atoms with Crippen molar-refractivity contribution in [1.29, 1.82) is 0 Å². The van der Waals surface area contributed by atoms with Gasteiger partial charge in [0.1, 0.15) is 5.82 Å². The van der Waals surface area contributed by atoms with Crippen molar-refractivity contribution in [2.75, 3.05) is 5.32 Å². The lowest BCUT2D eigenvalue weighted by molar-refractivity contribution is 0.624. The molecule has 0 heterocycles. The first-order valence-corrected chi connectivity index (χ1v) is 6.98. The zero-order valence-corrected chi connectivity index (χ0v) is 12.1. The Morgan fingerprint density at radius 3 is 2.40 bits per heavy atom. The molecule has 0 aromatic heterocycles. The number of hydrogen-bond acceptors (Lipinski definition) is 1. The van der Waals surface area contributed by atoms with Crippen LogP contribution in [0.3, 0.4) is 0 Å². The van der Waals surface area contributed by atoms with Gasteiger partial charge in [-0.2, -0.15) is 0 Å². The van der Waals surface area contributed by atoms with Crippen LogP contribution in [0.4, 0.5) is 10.1 Å². The molecule has 0 saturated carbocycles. The van der Waals surface area contributed by atoms with Crippen LogP contribution in [-0.4, -0.2) is 5.11 Å². The van der Waals surface area contributed by atoms with E-state index in [2.05, 4.69) is 17.6 Å². The summed E-state index contributed by atoms with van der Waals surface area (Å²) in [6.07, 6.45) is 0.892. The molecule has 2 rings (SSSR count). The second-order valence-corrected chi connectivity index (χ2v) is 4.86. The lowest BCUT2D eigenvalue weighted by atomic mass is 10.1. The van der Waals surface area contributed by atoms with Gasteiger partial charge in [-0.25, -0.2) is 4.39 Å². The van der Waals surface area contributed by atoms with E-state index in [9.17, 15) is 4.39 Å². The van der Waals surface area contributed by atoms with E-state index in [0.29, 0.717) is 10.8 Å². The normalized spacial score (nSPS) is 11.7. The number of halogens is 1. The molecule has 0 aliphatic heterocycles. The minimum absolute atomic E-state index is 0.114. The summed E-state index contributed by atoms with van der Waals surface area (Å²) in [6.45, 7) is 2.08. The maximum atomic E-state index is 13.5.